The molecule has 7 heterocycles. The molecule has 0 radical (unpaired) electrons. The molecule has 7 aliphatic heterocycles. The van der Waals surface area contributed by atoms with Gasteiger partial charge in [0.2, 0.25) is 11.8 Å². The third kappa shape index (κ3) is 20.1. The second-order valence-electron chi connectivity index (χ2n) is 28.6. The van der Waals surface area contributed by atoms with Crippen LogP contribution >= 0.6 is 0 Å². The topological polar surface area (TPSA) is 288 Å². The first-order valence-electron chi connectivity index (χ1n) is 35.8. The highest BCUT2D eigenvalue weighted by molar-refractivity contribution is 6.13. The highest BCUT2D eigenvalue weighted by Crippen LogP contribution is 2.47. The Labute approximate surface area is 608 Å². The minimum atomic E-state index is -0.898. The van der Waals surface area contributed by atoms with Gasteiger partial charge in [-0.25, -0.2) is 9.59 Å². The van der Waals surface area contributed by atoms with Gasteiger partial charge in [-0.15, -0.1) is 0 Å². The van der Waals surface area contributed by atoms with E-state index < -0.39 is 71.6 Å². The summed E-state index contributed by atoms with van der Waals surface area (Å²) < 4.78 is 72.9. The number of carbonyl (C=O) groups is 8. The molecule has 0 aliphatic carbocycles. The van der Waals surface area contributed by atoms with Gasteiger partial charge in [0, 0.05) is 82.1 Å². The summed E-state index contributed by atoms with van der Waals surface area (Å²) in [7, 11) is 2.95. The molecule has 10 rings (SSSR count). The van der Waals surface area contributed by atoms with Crippen molar-refractivity contribution in [3.8, 4) is 34.8 Å². The van der Waals surface area contributed by atoms with Crippen molar-refractivity contribution < 1.29 is 95.2 Å². The van der Waals surface area contributed by atoms with Crippen LogP contribution in [-0.4, -0.2) is 223 Å². The van der Waals surface area contributed by atoms with Gasteiger partial charge in [-0.2, -0.15) is 0 Å². The lowest BCUT2D eigenvalue weighted by Crippen LogP contribution is -2.58. The van der Waals surface area contributed by atoms with Crippen LogP contribution in [0.1, 0.15) is 143 Å². The number of methoxy groups -OCH3 is 2. The molecule has 3 aromatic carbocycles. The minimum Gasteiger partial charge on any atom is -0.493 e. The monoisotopic (exact) mass is 1440 g/mol. The Bertz CT molecular complexity index is 3570. The van der Waals surface area contributed by atoms with Crippen molar-refractivity contribution in [1.82, 2.24) is 25.3 Å². The largest absolute Gasteiger partial charge is 0.493 e. The molecular weight excluding hydrogens is 1340 g/mol. The lowest BCUT2D eigenvalue weighted by molar-refractivity contribution is -0.137. The number of imide groups is 1. The molecule has 27 heteroatoms. The number of benzene rings is 3. The fourth-order valence-electron chi connectivity index (χ4n) is 13.9. The van der Waals surface area contributed by atoms with E-state index in [0.29, 0.717) is 95.1 Å². The first-order valence-corrected chi connectivity index (χ1v) is 35.8. The Kier molecular flexibility index (Phi) is 26.6. The van der Waals surface area contributed by atoms with E-state index in [-0.39, 0.29) is 141 Å². The van der Waals surface area contributed by atoms with Crippen molar-refractivity contribution >= 4 is 59.0 Å². The molecule has 104 heavy (non-hydrogen) atoms. The molecule has 6 atom stereocenters. The van der Waals surface area contributed by atoms with E-state index in [1.807, 2.05) is 18.2 Å². The fourth-order valence-corrected chi connectivity index (χ4v) is 13.9. The van der Waals surface area contributed by atoms with Crippen molar-refractivity contribution in [3.63, 3.8) is 0 Å². The number of fused-ring (bicyclic) bond motifs is 4. The van der Waals surface area contributed by atoms with E-state index in [2.05, 4.69) is 35.6 Å². The maximum Gasteiger partial charge on any atom is 0.415 e. The van der Waals surface area contributed by atoms with Gasteiger partial charge in [0.15, 0.2) is 23.0 Å². The Hall–Kier alpha value is -9.04. The van der Waals surface area contributed by atoms with Crippen LogP contribution in [0.2, 0.25) is 0 Å². The SMILES string of the molecule is C=C1C[C@H]2[C@H](C3CCCCO3)N(C(=O)OC(C)(C)C)c3cc(OCc4cc(C#CCNC(=O)CCOCCOCCOCCOCCNC(=O)CCN5C(=O)C=CC5=O)cc(COc5cc6c(cc5OC)C(=O)N5CC(=C)C[C@H]5[C@H](C5CCCCO5)N6C(=O)OC(C)(C)C)c4)c(OC)cc3C(=O)N2C1. The average molecular weight is 1440 g/mol. The summed E-state index contributed by atoms with van der Waals surface area (Å²) in [6.07, 6.45) is 6.05. The predicted octanol–water partition coefficient (Wildman–Crippen LogP) is 8.14. The Balaban J connectivity index is 0.830. The van der Waals surface area contributed by atoms with Crippen LogP contribution in [0, 0.1) is 11.8 Å². The average Bonchev–Trinajstić information content (AvgIpc) is 1.61. The van der Waals surface area contributed by atoms with Crippen LogP contribution in [0.4, 0.5) is 21.0 Å². The zero-order valence-corrected chi connectivity index (χ0v) is 61.1. The van der Waals surface area contributed by atoms with E-state index in [4.69, 9.17) is 56.8 Å². The van der Waals surface area contributed by atoms with Gasteiger partial charge in [0.05, 0.1) is 132 Å². The molecule has 4 saturated heterocycles. The van der Waals surface area contributed by atoms with E-state index in [1.165, 1.54) is 26.4 Å². The highest BCUT2D eigenvalue weighted by atomic mass is 16.6. The van der Waals surface area contributed by atoms with E-state index in [9.17, 15) is 38.4 Å². The smallest absolute Gasteiger partial charge is 0.415 e. The fraction of sp³-hybridized carbons (Fsp3) is 0.558. The number of hydrogen-bond donors (Lipinski definition) is 2. The Morgan fingerprint density at radius 2 is 1.01 bits per heavy atom. The number of hydrogen-bond acceptors (Lipinski definition) is 20. The first kappa shape index (κ1) is 77.6. The van der Waals surface area contributed by atoms with Crippen LogP contribution in [0.25, 0.3) is 0 Å². The molecule has 0 bridgehead atoms. The lowest BCUT2D eigenvalue weighted by Gasteiger charge is -2.42. The maximum absolute atomic E-state index is 14.9. The molecule has 2 N–H and O–H groups in total. The van der Waals surface area contributed by atoms with Crippen molar-refractivity contribution in [2.75, 3.05) is 123 Å². The van der Waals surface area contributed by atoms with Crippen molar-refractivity contribution in [3.05, 3.63) is 107 Å². The van der Waals surface area contributed by atoms with Crippen molar-refractivity contribution in [1.29, 1.82) is 0 Å². The first-order chi connectivity index (χ1) is 49.9. The molecule has 562 valence electrons. The van der Waals surface area contributed by atoms with E-state index in [0.717, 1.165) is 41.7 Å². The van der Waals surface area contributed by atoms with Gasteiger partial charge in [0.25, 0.3) is 23.6 Å². The number of nitrogens with zero attached hydrogens (tertiary/aromatic N) is 5. The highest BCUT2D eigenvalue weighted by Gasteiger charge is 2.53. The van der Waals surface area contributed by atoms with Crippen LogP contribution in [0.15, 0.2) is 78.9 Å². The predicted molar refractivity (Wildman–Crippen MR) is 382 cm³/mol. The molecule has 0 spiro atoms. The molecule has 2 unspecified atom stereocenters. The zero-order chi connectivity index (χ0) is 74.2. The van der Waals surface area contributed by atoms with Gasteiger partial charge in [-0.3, -0.25) is 43.5 Å². The molecule has 27 nitrogen and oxygen atoms in total. The third-order valence-electron chi connectivity index (χ3n) is 18.5. The van der Waals surface area contributed by atoms with E-state index in [1.54, 1.807) is 85.4 Å². The number of carbonyl (C=O) groups excluding carboxylic acids is 8. The van der Waals surface area contributed by atoms with Gasteiger partial charge in [-0.1, -0.05) is 36.1 Å². The summed E-state index contributed by atoms with van der Waals surface area (Å²) in [4.78, 5) is 116. The van der Waals surface area contributed by atoms with Gasteiger partial charge in [0.1, 0.15) is 24.4 Å². The van der Waals surface area contributed by atoms with Gasteiger partial charge < -0.3 is 77.3 Å². The van der Waals surface area contributed by atoms with Crippen LogP contribution in [0.3, 0.4) is 0 Å². The molecule has 0 aromatic heterocycles. The van der Waals surface area contributed by atoms with Crippen LogP contribution < -0.4 is 39.4 Å². The summed E-state index contributed by atoms with van der Waals surface area (Å²) in [5.41, 5.74) is 2.72. The summed E-state index contributed by atoms with van der Waals surface area (Å²) in [5.74, 6) is 5.16. The van der Waals surface area contributed by atoms with E-state index >= 15 is 0 Å². The summed E-state index contributed by atoms with van der Waals surface area (Å²) in [6, 6.07) is 9.89. The quantitative estimate of drug-likeness (QED) is 0.0287. The minimum absolute atomic E-state index is 0.00159. The molecule has 4 fully saturated rings. The second kappa shape index (κ2) is 35.6. The van der Waals surface area contributed by atoms with Gasteiger partial charge >= 0.3 is 12.2 Å². The molecule has 0 saturated carbocycles. The van der Waals surface area contributed by atoms with Crippen LogP contribution in [-0.2, 0) is 70.3 Å². The summed E-state index contributed by atoms with van der Waals surface area (Å²) in [5, 5.41) is 5.52. The third-order valence-corrected chi connectivity index (χ3v) is 18.5. The number of ether oxygens (including phenoxy) is 12. The number of anilines is 2. The number of rotatable bonds is 29. The molecular formula is C77H99N7O20. The normalized spacial score (nSPS) is 20.9. The molecule has 3 aromatic rings. The van der Waals surface area contributed by atoms with Crippen molar-refractivity contribution in [2.45, 2.75) is 167 Å². The van der Waals surface area contributed by atoms with Crippen molar-refractivity contribution in [2.24, 2.45) is 0 Å². The van der Waals surface area contributed by atoms with Gasteiger partial charge in [-0.05, 0) is 134 Å². The second-order valence-corrected chi connectivity index (χ2v) is 28.6. The lowest BCUT2D eigenvalue weighted by atomic mass is 9.92. The zero-order valence-electron chi connectivity index (χ0n) is 61.1. The molecule has 8 amide bonds. The maximum atomic E-state index is 14.9. The summed E-state index contributed by atoms with van der Waals surface area (Å²) in [6.45, 7) is 23.3. The Morgan fingerprint density at radius 1 is 0.558 bits per heavy atom. The number of nitrogens with one attached hydrogen (secondary N) is 2. The van der Waals surface area contributed by atoms with Crippen LogP contribution in [0.5, 0.6) is 23.0 Å². The number of amides is 8. The standard InChI is InChI=1S/C77H99N7O20/c1-49-36-58-70(60-17-11-13-26-99-60)83(74(91)103-76(3,4)5)56-43-64(62(93-9)41-54(56)72(89)81(58)45-49)101-47-52-38-51(16-15-23-78-67(86)22-28-95-30-32-97-34-35-98-33-31-96-29-24-79-66(85)21-25-80-68(87)19-20-69(80)88)39-53(40-52)48-102-65-44-57-55(42-63(65)94-10)73(90)82-46-50(2)37-59(82)71(61-18-12-14-27-100-61)84(57)75(92)104-77(6,7)8/h19-20,38-44,58-61,70-71H,1-2,11-14,17-18,21-37,45-48H2,3-10H3,(H,78,86)(H,79,85)/t58-,59-,60?,61?,70+,71+/m0/s1. The summed E-state index contributed by atoms with van der Waals surface area (Å²) >= 11 is 0. The Morgan fingerprint density at radius 3 is 1.45 bits per heavy atom. The molecule has 7 aliphatic rings.